The molecule has 1 N–H and O–H groups in total. The molecule has 9 heteroatoms. The molecule has 0 aliphatic heterocycles. The second kappa shape index (κ2) is 10.4. The molecule has 0 radical (unpaired) electrons. The van der Waals surface area contributed by atoms with Gasteiger partial charge in [0.1, 0.15) is 0 Å². The third kappa shape index (κ3) is 5.80. The Hall–Kier alpha value is -2.39. The van der Waals surface area contributed by atoms with Crippen LogP contribution in [0.1, 0.15) is 0 Å². The summed E-state index contributed by atoms with van der Waals surface area (Å²) in [5.74, 6) is 0.712. The van der Waals surface area contributed by atoms with E-state index in [9.17, 15) is 4.79 Å². The number of carbonyl (C=O) groups is 1. The lowest BCUT2D eigenvalue weighted by Crippen LogP contribution is -2.22. The van der Waals surface area contributed by atoms with Gasteiger partial charge >= 0.3 is 0 Å². The largest absolute Gasteiger partial charge is 0.354 e. The fourth-order valence-corrected chi connectivity index (χ4v) is 3.49. The summed E-state index contributed by atoms with van der Waals surface area (Å²) in [5.41, 5.74) is 1.61. The van der Waals surface area contributed by atoms with Gasteiger partial charge in [0.05, 0.1) is 12.3 Å². The Morgan fingerprint density at radius 1 is 1.10 bits per heavy atom. The maximum absolute atomic E-state index is 12.3. The third-order valence-electron chi connectivity index (χ3n) is 4.07. The zero-order valence-electron chi connectivity index (χ0n) is 16.0. The molecule has 0 unspecified atom stereocenters. The molecule has 0 spiro atoms. The predicted molar refractivity (Wildman–Crippen MR) is 114 cm³/mol. The molecule has 0 aliphatic rings. The average Bonchev–Trinajstić information content (AvgIpc) is 3.14. The van der Waals surface area contributed by atoms with Crippen molar-refractivity contribution in [1.29, 1.82) is 0 Å². The van der Waals surface area contributed by atoms with Gasteiger partial charge in [-0.25, -0.2) is 0 Å². The molecule has 0 saturated heterocycles. The first kappa shape index (κ1) is 21.3. The molecule has 1 heterocycles. The second-order valence-corrected chi connectivity index (χ2v) is 7.41. The van der Waals surface area contributed by atoms with Gasteiger partial charge in [0.15, 0.2) is 17.3 Å². The molecule has 29 heavy (non-hydrogen) atoms. The maximum atomic E-state index is 12.3. The summed E-state index contributed by atoms with van der Waals surface area (Å²) >= 11 is 7.29. The Bertz CT molecular complexity index is 931. The number of aromatic nitrogens is 3. The van der Waals surface area contributed by atoms with Crippen molar-refractivity contribution in [3.63, 3.8) is 0 Å². The molecule has 0 atom stereocenters. The fraction of sp³-hybridized carbons (Fsp3) is 0.250. The molecule has 1 amide bonds. The second-order valence-electron chi connectivity index (χ2n) is 6.03. The summed E-state index contributed by atoms with van der Waals surface area (Å²) in [6.07, 6.45) is -0.477. The highest BCUT2D eigenvalue weighted by molar-refractivity contribution is 7.99. The summed E-state index contributed by atoms with van der Waals surface area (Å²) in [7, 11) is 3.14. The Kier molecular flexibility index (Phi) is 7.65. The number of thioether (sulfide) groups is 1. The Morgan fingerprint density at radius 3 is 2.45 bits per heavy atom. The van der Waals surface area contributed by atoms with Gasteiger partial charge in [-0.3, -0.25) is 9.36 Å². The third-order valence-corrected chi connectivity index (χ3v) is 5.29. The SMILES string of the molecule is COC(Cn1c(SCC(=O)Nc2ccccc2)nnc1-c1ccc(Cl)cc1)OC. The molecule has 0 saturated carbocycles. The van der Waals surface area contributed by atoms with Crippen LogP contribution in [0.25, 0.3) is 11.4 Å². The van der Waals surface area contributed by atoms with Crippen LogP contribution >= 0.6 is 23.4 Å². The number of hydrogen-bond acceptors (Lipinski definition) is 6. The monoisotopic (exact) mass is 432 g/mol. The first-order chi connectivity index (χ1) is 14.1. The quantitative estimate of drug-likeness (QED) is 0.407. The standard InChI is InChI=1S/C20H21ClN4O3S/c1-27-18(28-2)12-25-19(14-8-10-15(21)11-9-14)23-24-20(25)29-13-17(26)22-16-6-4-3-5-7-16/h3-11,18H,12-13H2,1-2H3,(H,22,26). The smallest absolute Gasteiger partial charge is 0.234 e. The lowest BCUT2D eigenvalue weighted by Gasteiger charge is -2.17. The lowest BCUT2D eigenvalue weighted by molar-refractivity contribution is -0.113. The van der Waals surface area contributed by atoms with Gasteiger partial charge in [-0.1, -0.05) is 41.6 Å². The summed E-state index contributed by atoms with van der Waals surface area (Å²) in [6, 6.07) is 16.6. The van der Waals surface area contributed by atoms with Crippen molar-refractivity contribution in [3.8, 4) is 11.4 Å². The highest BCUT2D eigenvalue weighted by atomic mass is 35.5. The number of ether oxygens (including phenoxy) is 2. The van der Waals surface area contributed by atoms with Crippen LogP contribution in [-0.4, -0.2) is 46.9 Å². The van der Waals surface area contributed by atoms with Gasteiger partial charge in [0.2, 0.25) is 5.91 Å². The Balaban J connectivity index is 1.78. The van der Waals surface area contributed by atoms with E-state index < -0.39 is 6.29 Å². The topological polar surface area (TPSA) is 78.3 Å². The van der Waals surface area contributed by atoms with Crippen LogP contribution in [0, 0.1) is 0 Å². The minimum absolute atomic E-state index is 0.126. The first-order valence-corrected chi connectivity index (χ1v) is 10.2. The molecule has 0 aliphatic carbocycles. The van der Waals surface area contributed by atoms with Crippen molar-refractivity contribution in [2.24, 2.45) is 0 Å². The minimum atomic E-state index is -0.477. The zero-order chi connectivity index (χ0) is 20.6. The number of anilines is 1. The number of nitrogens with zero attached hydrogens (tertiary/aromatic N) is 3. The van der Waals surface area contributed by atoms with E-state index in [0.29, 0.717) is 22.5 Å². The number of carbonyl (C=O) groups excluding carboxylic acids is 1. The van der Waals surface area contributed by atoms with Crippen LogP contribution in [-0.2, 0) is 20.8 Å². The number of benzene rings is 2. The summed E-state index contributed by atoms with van der Waals surface area (Å²) in [6.45, 7) is 0.376. The molecule has 1 aromatic heterocycles. The van der Waals surface area contributed by atoms with E-state index in [0.717, 1.165) is 11.3 Å². The van der Waals surface area contributed by atoms with Gasteiger partial charge in [-0.2, -0.15) is 0 Å². The van der Waals surface area contributed by atoms with E-state index >= 15 is 0 Å². The zero-order valence-corrected chi connectivity index (χ0v) is 17.6. The van der Waals surface area contributed by atoms with E-state index in [-0.39, 0.29) is 11.7 Å². The number of para-hydroxylation sites is 1. The summed E-state index contributed by atoms with van der Waals surface area (Å²) in [5, 5.41) is 12.7. The molecule has 3 aromatic rings. The number of rotatable bonds is 9. The summed E-state index contributed by atoms with van der Waals surface area (Å²) in [4.78, 5) is 12.3. The van der Waals surface area contributed by atoms with Gasteiger partial charge in [-0.15, -0.1) is 10.2 Å². The van der Waals surface area contributed by atoms with E-state index in [1.54, 1.807) is 26.4 Å². The van der Waals surface area contributed by atoms with Crippen LogP contribution in [0.3, 0.4) is 0 Å². The fourth-order valence-electron chi connectivity index (χ4n) is 2.62. The van der Waals surface area contributed by atoms with Crippen LogP contribution in [0.2, 0.25) is 5.02 Å². The predicted octanol–water partition coefficient (Wildman–Crippen LogP) is 3.95. The van der Waals surface area contributed by atoms with Crippen LogP contribution in [0.5, 0.6) is 0 Å². The number of nitrogens with one attached hydrogen (secondary N) is 1. The van der Waals surface area contributed by atoms with Gasteiger partial charge in [0.25, 0.3) is 0 Å². The maximum Gasteiger partial charge on any atom is 0.234 e. The molecular weight excluding hydrogens is 412 g/mol. The van der Waals surface area contributed by atoms with Gasteiger partial charge in [0, 0.05) is 30.5 Å². The first-order valence-electron chi connectivity index (χ1n) is 8.83. The van der Waals surface area contributed by atoms with E-state index in [1.165, 1.54) is 11.8 Å². The number of halogens is 1. The van der Waals surface area contributed by atoms with Crippen LogP contribution in [0.15, 0.2) is 59.8 Å². The van der Waals surface area contributed by atoms with E-state index in [4.69, 9.17) is 21.1 Å². The van der Waals surface area contributed by atoms with Crippen molar-refractivity contribution in [3.05, 3.63) is 59.6 Å². The Labute approximate surface area is 178 Å². The molecule has 2 aromatic carbocycles. The molecular formula is C20H21ClN4O3S. The summed E-state index contributed by atoms with van der Waals surface area (Å²) < 4.78 is 12.5. The highest BCUT2D eigenvalue weighted by Gasteiger charge is 2.19. The number of amides is 1. The van der Waals surface area contributed by atoms with Gasteiger partial charge < -0.3 is 14.8 Å². The average molecular weight is 433 g/mol. The van der Waals surface area contributed by atoms with E-state index in [1.807, 2.05) is 47.0 Å². The van der Waals surface area contributed by atoms with Crippen molar-refractivity contribution in [2.45, 2.75) is 18.0 Å². The lowest BCUT2D eigenvalue weighted by atomic mass is 10.2. The van der Waals surface area contributed by atoms with Crippen LogP contribution in [0.4, 0.5) is 5.69 Å². The van der Waals surface area contributed by atoms with Gasteiger partial charge in [-0.05, 0) is 36.4 Å². The molecule has 152 valence electrons. The molecule has 7 nitrogen and oxygen atoms in total. The minimum Gasteiger partial charge on any atom is -0.354 e. The van der Waals surface area contributed by atoms with Crippen molar-refractivity contribution >= 4 is 35.0 Å². The van der Waals surface area contributed by atoms with Crippen molar-refractivity contribution in [1.82, 2.24) is 14.8 Å². The molecule has 3 rings (SSSR count). The number of methoxy groups -OCH3 is 2. The van der Waals surface area contributed by atoms with Crippen molar-refractivity contribution in [2.75, 3.05) is 25.3 Å². The van der Waals surface area contributed by atoms with Crippen LogP contribution < -0.4 is 5.32 Å². The van der Waals surface area contributed by atoms with Crippen molar-refractivity contribution < 1.29 is 14.3 Å². The molecule has 0 bridgehead atoms. The van der Waals surface area contributed by atoms with E-state index in [2.05, 4.69) is 15.5 Å². The molecule has 0 fully saturated rings. The normalized spacial score (nSPS) is 11.0. The Morgan fingerprint density at radius 2 is 1.79 bits per heavy atom. The highest BCUT2D eigenvalue weighted by Crippen LogP contribution is 2.26. The number of hydrogen-bond donors (Lipinski definition) is 1.